The fourth-order valence-corrected chi connectivity index (χ4v) is 5.62. The highest BCUT2D eigenvalue weighted by Gasteiger charge is 2.33. The van der Waals surface area contributed by atoms with Gasteiger partial charge in [-0.15, -0.1) is 0 Å². The Kier molecular flexibility index (Phi) is 9.58. The first-order valence-electron chi connectivity index (χ1n) is 13.2. The standard InChI is InChI=1S/C30H35N3O2S2/c1-4-7-12-22(6-3)20-32-29(34)27(37-30(32)36)19-24-21-33(25-14-9-8-10-15-25)31-28(24)23-13-11-16-26(18-23)35-17-5-2/h8-11,13-16,18-19,21-22H,4-7,12,17,20H2,1-3H3. The molecule has 0 spiro atoms. The maximum Gasteiger partial charge on any atom is 0.266 e. The van der Waals surface area contributed by atoms with E-state index in [9.17, 15) is 4.79 Å². The lowest BCUT2D eigenvalue weighted by Crippen LogP contribution is -2.33. The third kappa shape index (κ3) is 6.70. The van der Waals surface area contributed by atoms with Gasteiger partial charge in [0, 0.05) is 23.9 Å². The number of amides is 1. The Labute approximate surface area is 229 Å². The van der Waals surface area contributed by atoms with E-state index in [4.69, 9.17) is 22.1 Å². The quantitative estimate of drug-likeness (QED) is 0.176. The minimum Gasteiger partial charge on any atom is -0.494 e. The van der Waals surface area contributed by atoms with Crippen LogP contribution in [0.3, 0.4) is 0 Å². The second-order valence-electron chi connectivity index (χ2n) is 9.30. The average molecular weight is 534 g/mol. The van der Waals surface area contributed by atoms with E-state index in [2.05, 4.69) is 20.8 Å². The molecule has 3 aromatic rings. The zero-order valence-electron chi connectivity index (χ0n) is 21.9. The Hall–Kier alpha value is -2.90. The Morgan fingerprint density at radius 1 is 1.08 bits per heavy atom. The summed E-state index contributed by atoms with van der Waals surface area (Å²) in [6.07, 6.45) is 9.35. The van der Waals surface area contributed by atoms with Crippen molar-refractivity contribution in [2.45, 2.75) is 52.9 Å². The van der Waals surface area contributed by atoms with Gasteiger partial charge in [0.05, 0.1) is 17.2 Å². The molecule has 1 aromatic heterocycles. The molecule has 0 N–H and O–H groups in total. The van der Waals surface area contributed by atoms with E-state index in [-0.39, 0.29) is 5.91 Å². The normalized spacial score (nSPS) is 15.5. The lowest BCUT2D eigenvalue weighted by Gasteiger charge is -2.21. The highest BCUT2D eigenvalue weighted by molar-refractivity contribution is 8.26. The van der Waals surface area contributed by atoms with Crippen LogP contribution in [0, 0.1) is 5.92 Å². The van der Waals surface area contributed by atoms with E-state index < -0.39 is 0 Å². The number of carbonyl (C=O) groups is 1. The van der Waals surface area contributed by atoms with Crippen LogP contribution in [0.5, 0.6) is 5.75 Å². The molecule has 194 valence electrons. The maximum atomic E-state index is 13.4. The molecule has 1 aliphatic heterocycles. The first-order chi connectivity index (χ1) is 18.0. The van der Waals surface area contributed by atoms with Gasteiger partial charge in [0.1, 0.15) is 15.8 Å². The highest BCUT2D eigenvalue weighted by atomic mass is 32.2. The number of ether oxygens (including phenoxy) is 1. The third-order valence-corrected chi connectivity index (χ3v) is 7.87. The number of hydrogen-bond donors (Lipinski definition) is 0. The highest BCUT2D eigenvalue weighted by Crippen LogP contribution is 2.36. The fraction of sp³-hybridized carbons (Fsp3) is 0.367. The van der Waals surface area contributed by atoms with Crippen molar-refractivity contribution in [2.24, 2.45) is 5.92 Å². The molecule has 4 rings (SSSR count). The van der Waals surface area contributed by atoms with Gasteiger partial charge in [0.2, 0.25) is 0 Å². The summed E-state index contributed by atoms with van der Waals surface area (Å²) in [6.45, 7) is 7.83. The molecule has 7 heteroatoms. The third-order valence-electron chi connectivity index (χ3n) is 6.49. The summed E-state index contributed by atoms with van der Waals surface area (Å²) < 4.78 is 8.37. The topological polar surface area (TPSA) is 47.4 Å². The lowest BCUT2D eigenvalue weighted by atomic mass is 9.99. The molecule has 0 radical (unpaired) electrons. The Balaban J connectivity index is 1.68. The lowest BCUT2D eigenvalue weighted by molar-refractivity contribution is -0.122. The molecule has 5 nitrogen and oxygen atoms in total. The molecule has 0 bridgehead atoms. The number of benzene rings is 2. The van der Waals surface area contributed by atoms with Crippen molar-refractivity contribution in [3.63, 3.8) is 0 Å². The van der Waals surface area contributed by atoms with E-state index >= 15 is 0 Å². The van der Waals surface area contributed by atoms with Crippen LogP contribution >= 0.6 is 24.0 Å². The molecular formula is C30H35N3O2S2. The minimum atomic E-state index is -0.0108. The molecule has 37 heavy (non-hydrogen) atoms. The van der Waals surface area contributed by atoms with Gasteiger partial charge in [0.25, 0.3) is 5.91 Å². The number of aromatic nitrogens is 2. The molecule has 1 saturated heterocycles. The fourth-order valence-electron chi connectivity index (χ4n) is 4.36. The number of hydrogen-bond acceptors (Lipinski definition) is 5. The molecule has 1 unspecified atom stereocenters. The Bertz CT molecular complexity index is 1250. The van der Waals surface area contributed by atoms with Gasteiger partial charge < -0.3 is 4.74 Å². The van der Waals surface area contributed by atoms with E-state index in [0.29, 0.717) is 28.3 Å². The number of thiocarbonyl (C=S) groups is 1. The first-order valence-corrected chi connectivity index (χ1v) is 14.4. The zero-order chi connectivity index (χ0) is 26.2. The molecule has 0 aliphatic carbocycles. The Morgan fingerprint density at radius 3 is 2.62 bits per heavy atom. The smallest absolute Gasteiger partial charge is 0.266 e. The minimum absolute atomic E-state index is 0.0108. The van der Waals surface area contributed by atoms with Gasteiger partial charge in [-0.25, -0.2) is 4.68 Å². The first kappa shape index (κ1) is 27.1. The predicted molar refractivity (Wildman–Crippen MR) is 158 cm³/mol. The number of nitrogens with zero attached hydrogens (tertiary/aromatic N) is 3. The monoisotopic (exact) mass is 533 g/mol. The molecule has 1 fully saturated rings. The van der Waals surface area contributed by atoms with Crippen LogP contribution in [0.15, 0.2) is 65.7 Å². The van der Waals surface area contributed by atoms with E-state index in [0.717, 1.165) is 53.9 Å². The van der Waals surface area contributed by atoms with Crippen LogP contribution in [0.4, 0.5) is 0 Å². The van der Waals surface area contributed by atoms with Gasteiger partial charge in [-0.2, -0.15) is 5.10 Å². The summed E-state index contributed by atoms with van der Waals surface area (Å²) >= 11 is 7.03. The largest absolute Gasteiger partial charge is 0.494 e. The van der Waals surface area contributed by atoms with Crippen LogP contribution in [0.2, 0.25) is 0 Å². The molecule has 2 aromatic carbocycles. The van der Waals surface area contributed by atoms with E-state index in [1.165, 1.54) is 18.2 Å². The summed E-state index contributed by atoms with van der Waals surface area (Å²) in [5, 5.41) is 4.92. The Morgan fingerprint density at radius 2 is 1.89 bits per heavy atom. The summed E-state index contributed by atoms with van der Waals surface area (Å²) in [6, 6.07) is 18.0. The molecule has 1 aliphatic rings. The van der Waals surface area contributed by atoms with Crippen molar-refractivity contribution >= 4 is 40.3 Å². The second-order valence-corrected chi connectivity index (χ2v) is 11.0. The SMILES string of the molecule is CCCCC(CC)CN1C(=O)C(=Cc2cn(-c3ccccc3)nc2-c2cccc(OCCC)c2)SC1=S. The number of rotatable bonds is 12. The molecular weight excluding hydrogens is 498 g/mol. The maximum absolute atomic E-state index is 13.4. The second kappa shape index (κ2) is 13.1. The molecule has 1 amide bonds. The van der Waals surface area contributed by atoms with Crippen molar-refractivity contribution in [3.8, 4) is 22.7 Å². The summed E-state index contributed by atoms with van der Waals surface area (Å²) in [5.41, 5.74) is 3.56. The van der Waals surface area contributed by atoms with Crippen LogP contribution in [0.1, 0.15) is 58.4 Å². The zero-order valence-corrected chi connectivity index (χ0v) is 23.5. The van der Waals surface area contributed by atoms with E-state index in [1.54, 1.807) is 4.90 Å². The average Bonchev–Trinajstić information content (AvgIpc) is 3.46. The van der Waals surface area contributed by atoms with Crippen molar-refractivity contribution in [3.05, 3.63) is 71.3 Å². The molecule has 1 atom stereocenters. The van der Waals surface area contributed by atoms with Gasteiger partial charge in [0.15, 0.2) is 0 Å². The van der Waals surface area contributed by atoms with Crippen molar-refractivity contribution in [1.29, 1.82) is 0 Å². The van der Waals surface area contributed by atoms with Crippen LogP contribution in [-0.4, -0.2) is 38.1 Å². The van der Waals surface area contributed by atoms with Gasteiger partial charge in [-0.1, -0.05) is 94.3 Å². The number of carbonyl (C=O) groups excluding carboxylic acids is 1. The number of unbranched alkanes of at least 4 members (excludes halogenated alkanes) is 1. The number of para-hydroxylation sites is 1. The van der Waals surface area contributed by atoms with Crippen LogP contribution in [-0.2, 0) is 4.79 Å². The van der Waals surface area contributed by atoms with E-state index in [1.807, 2.05) is 71.6 Å². The van der Waals surface area contributed by atoms with Gasteiger partial charge in [-0.05, 0) is 49.1 Å². The van der Waals surface area contributed by atoms with Crippen LogP contribution in [0.25, 0.3) is 23.0 Å². The summed E-state index contributed by atoms with van der Waals surface area (Å²) in [4.78, 5) is 15.9. The number of thioether (sulfide) groups is 1. The molecule has 2 heterocycles. The summed E-state index contributed by atoms with van der Waals surface area (Å²) in [5.74, 6) is 1.26. The van der Waals surface area contributed by atoms with Gasteiger partial charge >= 0.3 is 0 Å². The van der Waals surface area contributed by atoms with Crippen molar-refractivity contribution in [1.82, 2.24) is 14.7 Å². The predicted octanol–water partition coefficient (Wildman–Crippen LogP) is 7.75. The van der Waals surface area contributed by atoms with Crippen molar-refractivity contribution < 1.29 is 9.53 Å². The molecule has 0 saturated carbocycles. The van der Waals surface area contributed by atoms with Gasteiger partial charge in [-0.3, -0.25) is 9.69 Å². The van der Waals surface area contributed by atoms with Crippen molar-refractivity contribution in [2.75, 3.05) is 13.2 Å². The van der Waals surface area contributed by atoms with Crippen LogP contribution < -0.4 is 4.74 Å². The summed E-state index contributed by atoms with van der Waals surface area (Å²) in [7, 11) is 0.